The van der Waals surface area contributed by atoms with Crippen LogP contribution < -0.4 is 5.32 Å². The van der Waals surface area contributed by atoms with Gasteiger partial charge in [0.2, 0.25) is 0 Å². The Kier molecular flexibility index (Phi) is 6.83. The number of Topliss-reactive ketones (excluding diaryl/α,β-unsaturated/α-hetero) is 1. The van der Waals surface area contributed by atoms with Gasteiger partial charge in [-0.2, -0.15) is 0 Å². The van der Waals surface area contributed by atoms with E-state index in [9.17, 15) is 9.59 Å². The molecule has 0 aliphatic rings. The van der Waals surface area contributed by atoms with Crippen LogP contribution in [0.4, 0.5) is 10.5 Å². The minimum atomic E-state index is -0.564. The van der Waals surface area contributed by atoms with E-state index in [-0.39, 0.29) is 5.78 Å². The van der Waals surface area contributed by atoms with Crippen molar-refractivity contribution in [3.63, 3.8) is 0 Å². The van der Waals surface area contributed by atoms with Gasteiger partial charge in [-0.25, -0.2) is 4.79 Å². The lowest BCUT2D eigenvalue weighted by molar-refractivity contribution is 0.0636. The summed E-state index contributed by atoms with van der Waals surface area (Å²) in [5.74, 6) is -0.100. The first-order chi connectivity index (χ1) is 8.79. The first kappa shape index (κ1) is 17.2. The van der Waals surface area contributed by atoms with E-state index in [0.717, 1.165) is 0 Å². The normalized spacial score (nSPS) is 10.0. The number of ether oxygens (including phenoxy) is 1. The summed E-state index contributed by atoms with van der Waals surface area (Å²) in [5, 5.41) is 2.57. The summed E-state index contributed by atoms with van der Waals surface area (Å²) in [6, 6.07) is 6.83. The van der Waals surface area contributed by atoms with Crippen LogP contribution >= 0.6 is 0 Å². The Hall–Kier alpha value is -1.84. The molecular formula is C15H23NO3. The smallest absolute Gasteiger partial charge is 0.412 e. The number of para-hydroxylation sites is 1. The number of carbonyl (C=O) groups excluding carboxylic acids is 2. The molecule has 0 heterocycles. The molecule has 0 bridgehead atoms. The highest BCUT2D eigenvalue weighted by Gasteiger charge is 2.17. The second-order valence-electron chi connectivity index (χ2n) is 4.73. The average Bonchev–Trinajstić information content (AvgIpc) is 2.29. The van der Waals surface area contributed by atoms with Crippen LogP contribution in [0.2, 0.25) is 0 Å². The number of hydrogen-bond acceptors (Lipinski definition) is 3. The minimum absolute atomic E-state index is 0.100. The van der Waals surface area contributed by atoms with E-state index < -0.39 is 11.7 Å². The first-order valence-electron chi connectivity index (χ1n) is 6.39. The Labute approximate surface area is 115 Å². The predicted octanol–water partition coefficient (Wildman–Crippen LogP) is 4.26. The van der Waals surface area contributed by atoms with Gasteiger partial charge in [-0.05, 0) is 39.8 Å². The Morgan fingerprint density at radius 2 is 1.63 bits per heavy atom. The van der Waals surface area contributed by atoms with Crippen molar-refractivity contribution in [1.82, 2.24) is 0 Å². The van der Waals surface area contributed by atoms with E-state index in [2.05, 4.69) is 5.32 Å². The molecule has 1 rings (SSSR count). The van der Waals surface area contributed by atoms with Crippen LogP contribution in [0, 0.1) is 0 Å². The van der Waals surface area contributed by atoms with Crippen LogP contribution in [0.5, 0.6) is 0 Å². The van der Waals surface area contributed by atoms with Crippen molar-refractivity contribution >= 4 is 17.6 Å². The highest BCUT2D eigenvalue weighted by molar-refractivity contribution is 6.02. The lowest BCUT2D eigenvalue weighted by atomic mass is 10.1. The van der Waals surface area contributed by atoms with Gasteiger partial charge in [0.1, 0.15) is 5.60 Å². The number of nitrogens with one attached hydrogen (secondary N) is 1. The summed E-state index contributed by atoms with van der Waals surface area (Å²) in [7, 11) is 0. The third-order valence-electron chi connectivity index (χ3n) is 1.94. The first-order valence-corrected chi connectivity index (χ1v) is 6.39. The number of hydrogen-bond donors (Lipinski definition) is 1. The fourth-order valence-corrected chi connectivity index (χ4v) is 1.31. The molecule has 0 unspecified atom stereocenters. The summed E-state index contributed by atoms with van der Waals surface area (Å²) in [5.41, 5.74) is 0.377. The zero-order valence-electron chi connectivity index (χ0n) is 12.5. The Balaban J connectivity index is 0.00000154. The minimum Gasteiger partial charge on any atom is -0.444 e. The van der Waals surface area contributed by atoms with Gasteiger partial charge >= 0.3 is 6.09 Å². The summed E-state index contributed by atoms with van der Waals surface area (Å²) in [4.78, 5) is 22.9. The van der Waals surface area contributed by atoms with Crippen molar-refractivity contribution in [2.45, 2.75) is 47.1 Å². The summed E-state index contributed by atoms with van der Waals surface area (Å²) in [6.07, 6.45) is -0.564. The zero-order chi connectivity index (χ0) is 15.1. The van der Waals surface area contributed by atoms with Crippen LogP contribution in [-0.2, 0) is 4.74 Å². The van der Waals surface area contributed by atoms with Gasteiger partial charge in [0.05, 0.1) is 5.69 Å². The molecule has 0 spiro atoms. The van der Waals surface area contributed by atoms with E-state index in [4.69, 9.17) is 4.74 Å². The highest BCUT2D eigenvalue weighted by Crippen LogP contribution is 2.17. The Morgan fingerprint density at radius 1 is 1.11 bits per heavy atom. The SMILES string of the molecule is CC.CC(=O)c1ccccc1NC(=O)OC(C)(C)C. The molecule has 0 radical (unpaired) electrons. The number of rotatable bonds is 2. The molecule has 19 heavy (non-hydrogen) atoms. The third-order valence-corrected chi connectivity index (χ3v) is 1.94. The molecule has 106 valence electrons. The molecule has 0 aliphatic heterocycles. The quantitative estimate of drug-likeness (QED) is 0.813. The Morgan fingerprint density at radius 3 is 2.11 bits per heavy atom. The molecule has 4 nitrogen and oxygen atoms in total. The second-order valence-corrected chi connectivity index (χ2v) is 4.73. The standard InChI is InChI=1S/C13H17NO3.C2H6/c1-9(15)10-7-5-6-8-11(10)14-12(16)17-13(2,3)4;1-2/h5-8H,1-4H3,(H,14,16);1-2H3. The summed E-state index contributed by atoms with van der Waals surface area (Å²) >= 11 is 0. The predicted molar refractivity (Wildman–Crippen MR) is 77.7 cm³/mol. The van der Waals surface area contributed by atoms with E-state index >= 15 is 0 Å². The number of anilines is 1. The summed E-state index contributed by atoms with van der Waals surface area (Å²) < 4.78 is 5.12. The van der Waals surface area contributed by atoms with Gasteiger partial charge in [0.25, 0.3) is 0 Å². The maximum atomic E-state index is 11.6. The van der Waals surface area contributed by atoms with Crippen molar-refractivity contribution in [2.24, 2.45) is 0 Å². The van der Waals surface area contributed by atoms with Gasteiger partial charge in [0, 0.05) is 5.56 Å². The lowest BCUT2D eigenvalue weighted by Gasteiger charge is -2.20. The number of carbonyl (C=O) groups is 2. The van der Waals surface area contributed by atoms with Gasteiger partial charge < -0.3 is 4.74 Å². The zero-order valence-corrected chi connectivity index (χ0v) is 12.5. The molecule has 0 saturated carbocycles. The fraction of sp³-hybridized carbons (Fsp3) is 0.467. The molecule has 1 aromatic rings. The van der Waals surface area contributed by atoms with Crippen LogP contribution in [0.25, 0.3) is 0 Å². The molecule has 1 aromatic carbocycles. The van der Waals surface area contributed by atoms with Crippen LogP contribution in [0.3, 0.4) is 0 Å². The molecule has 0 saturated heterocycles. The van der Waals surface area contributed by atoms with Gasteiger partial charge in [0.15, 0.2) is 5.78 Å². The van der Waals surface area contributed by atoms with E-state index in [1.54, 1.807) is 45.0 Å². The van der Waals surface area contributed by atoms with Crippen LogP contribution in [0.15, 0.2) is 24.3 Å². The number of ketones is 1. The van der Waals surface area contributed by atoms with E-state index in [1.165, 1.54) is 6.92 Å². The van der Waals surface area contributed by atoms with Crippen molar-refractivity contribution < 1.29 is 14.3 Å². The van der Waals surface area contributed by atoms with E-state index in [1.807, 2.05) is 13.8 Å². The monoisotopic (exact) mass is 265 g/mol. The molecule has 4 heteroatoms. The number of amides is 1. The topological polar surface area (TPSA) is 55.4 Å². The molecule has 0 atom stereocenters. The Bertz CT molecular complexity index is 433. The van der Waals surface area contributed by atoms with Crippen molar-refractivity contribution in [2.75, 3.05) is 5.32 Å². The largest absolute Gasteiger partial charge is 0.444 e. The van der Waals surface area contributed by atoms with Crippen LogP contribution in [0.1, 0.15) is 51.9 Å². The van der Waals surface area contributed by atoms with Crippen LogP contribution in [-0.4, -0.2) is 17.5 Å². The fourth-order valence-electron chi connectivity index (χ4n) is 1.31. The molecule has 1 amide bonds. The molecular weight excluding hydrogens is 242 g/mol. The maximum Gasteiger partial charge on any atom is 0.412 e. The van der Waals surface area contributed by atoms with Gasteiger partial charge in [-0.15, -0.1) is 0 Å². The van der Waals surface area contributed by atoms with Gasteiger partial charge in [-0.3, -0.25) is 10.1 Å². The highest BCUT2D eigenvalue weighted by atomic mass is 16.6. The maximum absolute atomic E-state index is 11.6. The molecule has 1 N–H and O–H groups in total. The average molecular weight is 265 g/mol. The van der Waals surface area contributed by atoms with E-state index in [0.29, 0.717) is 11.3 Å². The molecule has 0 aliphatic carbocycles. The van der Waals surface area contributed by atoms with Gasteiger partial charge in [-0.1, -0.05) is 26.0 Å². The molecule has 0 fully saturated rings. The molecule has 0 aromatic heterocycles. The van der Waals surface area contributed by atoms with Crippen molar-refractivity contribution in [1.29, 1.82) is 0 Å². The number of benzene rings is 1. The third kappa shape index (κ3) is 6.60. The van der Waals surface area contributed by atoms with Crippen molar-refractivity contribution in [3.05, 3.63) is 29.8 Å². The lowest BCUT2D eigenvalue weighted by Crippen LogP contribution is -2.27. The second kappa shape index (κ2) is 7.56. The summed E-state index contributed by atoms with van der Waals surface area (Å²) in [6.45, 7) is 10.8. The van der Waals surface area contributed by atoms with Crippen molar-refractivity contribution in [3.8, 4) is 0 Å².